The van der Waals surface area contributed by atoms with Gasteiger partial charge in [-0.1, -0.05) is 19.1 Å². The van der Waals surface area contributed by atoms with E-state index >= 15 is 0 Å². The molecule has 5 heteroatoms. The summed E-state index contributed by atoms with van der Waals surface area (Å²) in [6, 6.07) is 4.98. The molecule has 0 saturated heterocycles. The summed E-state index contributed by atoms with van der Waals surface area (Å²) in [4.78, 5) is 2.36. The topological polar surface area (TPSA) is 29.3 Å². The van der Waals surface area contributed by atoms with Crippen molar-refractivity contribution >= 4 is 34.7 Å². The van der Waals surface area contributed by atoms with Gasteiger partial charge in [-0.15, -0.1) is 0 Å². The molecule has 0 aliphatic carbocycles. The van der Waals surface area contributed by atoms with Crippen LogP contribution in [0.5, 0.6) is 0 Å². The molecule has 0 aliphatic heterocycles. The lowest BCUT2D eigenvalue weighted by Crippen LogP contribution is -2.34. The number of benzene rings is 1. The van der Waals surface area contributed by atoms with E-state index in [1.165, 1.54) is 12.1 Å². The smallest absolute Gasteiger partial charge is 0.124 e. The van der Waals surface area contributed by atoms with Gasteiger partial charge in [0.25, 0.3) is 0 Å². The average molecular weight is 286 g/mol. The van der Waals surface area contributed by atoms with E-state index in [9.17, 15) is 4.39 Å². The second-order valence-corrected chi connectivity index (χ2v) is 5.50. The zero-order chi connectivity index (χ0) is 13.7. The maximum absolute atomic E-state index is 13.3. The van der Waals surface area contributed by atoms with Gasteiger partial charge in [0, 0.05) is 30.1 Å². The van der Waals surface area contributed by atoms with Gasteiger partial charge in [0.05, 0.1) is 0 Å². The van der Waals surface area contributed by atoms with Gasteiger partial charge in [-0.25, -0.2) is 4.39 Å². The predicted molar refractivity (Wildman–Crippen MR) is 83.2 cm³/mol. The molecule has 0 saturated carbocycles. The summed E-state index contributed by atoms with van der Waals surface area (Å²) in [6.07, 6.45) is 3.10. The lowest BCUT2D eigenvalue weighted by molar-refractivity contribution is 0.625. The van der Waals surface area contributed by atoms with Crippen LogP contribution in [0.25, 0.3) is 0 Å². The lowest BCUT2D eigenvalue weighted by atomic mass is 10.1. The Morgan fingerprint density at radius 1 is 1.56 bits per heavy atom. The van der Waals surface area contributed by atoms with E-state index in [0.29, 0.717) is 11.6 Å². The third-order valence-electron chi connectivity index (χ3n) is 2.98. The van der Waals surface area contributed by atoms with Crippen molar-refractivity contribution in [1.29, 1.82) is 0 Å². The second-order valence-electron chi connectivity index (χ2n) is 4.15. The Labute approximate surface area is 118 Å². The molecule has 2 nitrogen and oxygen atoms in total. The maximum Gasteiger partial charge on any atom is 0.124 e. The van der Waals surface area contributed by atoms with Crippen molar-refractivity contribution in [3.05, 3.63) is 29.6 Å². The quantitative estimate of drug-likeness (QED) is 0.814. The fourth-order valence-corrected chi connectivity index (χ4v) is 2.91. The number of thiocarbonyl (C=S) groups is 1. The first-order chi connectivity index (χ1) is 8.51. The minimum atomic E-state index is -0.312. The molecule has 1 rings (SSSR count). The van der Waals surface area contributed by atoms with Crippen LogP contribution in [-0.2, 0) is 0 Å². The van der Waals surface area contributed by atoms with Gasteiger partial charge >= 0.3 is 0 Å². The summed E-state index contributed by atoms with van der Waals surface area (Å²) in [5.74, 6) is 0.703. The van der Waals surface area contributed by atoms with Crippen LogP contribution in [0.15, 0.2) is 18.2 Å². The van der Waals surface area contributed by atoms with E-state index in [1.807, 2.05) is 7.05 Å². The van der Waals surface area contributed by atoms with Crippen LogP contribution in [0.1, 0.15) is 18.9 Å². The van der Waals surface area contributed by atoms with Crippen LogP contribution >= 0.6 is 24.0 Å². The molecule has 0 spiro atoms. The molecule has 1 atom stereocenters. The Kier molecular flexibility index (Phi) is 5.88. The highest BCUT2D eigenvalue weighted by Gasteiger charge is 2.17. The first kappa shape index (κ1) is 15.2. The monoisotopic (exact) mass is 286 g/mol. The molecule has 0 fully saturated rings. The van der Waals surface area contributed by atoms with Gasteiger partial charge in [0.2, 0.25) is 0 Å². The summed E-state index contributed by atoms with van der Waals surface area (Å²) in [7, 11) is 2.00. The Balaban J connectivity index is 3.11. The molecule has 1 aromatic rings. The Bertz CT molecular complexity index is 423. The van der Waals surface area contributed by atoms with Crippen molar-refractivity contribution in [3.63, 3.8) is 0 Å². The minimum Gasteiger partial charge on any atom is -0.389 e. The summed E-state index contributed by atoms with van der Waals surface area (Å²) < 4.78 is 13.3. The first-order valence-corrected chi connectivity index (χ1v) is 7.62. The van der Waals surface area contributed by atoms with Crippen molar-refractivity contribution in [2.75, 3.05) is 24.0 Å². The Hall–Kier alpha value is -0.810. The molecule has 0 amide bonds. The average Bonchev–Trinajstić information content (AvgIpc) is 2.35. The number of hydrogen-bond donors (Lipinski definition) is 1. The normalized spacial score (nSPS) is 12.2. The van der Waals surface area contributed by atoms with E-state index in [2.05, 4.69) is 18.1 Å². The molecule has 0 bridgehead atoms. The van der Waals surface area contributed by atoms with Crippen LogP contribution in [0, 0.1) is 5.82 Å². The van der Waals surface area contributed by atoms with Gasteiger partial charge in [-0.05, 0) is 30.9 Å². The fourth-order valence-electron chi connectivity index (χ4n) is 1.91. The highest BCUT2D eigenvalue weighted by Crippen LogP contribution is 2.24. The van der Waals surface area contributed by atoms with Gasteiger partial charge < -0.3 is 10.6 Å². The van der Waals surface area contributed by atoms with E-state index in [0.717, 1.165) is 17.9 Å². The molecule has 0 heterocycles. The summed E-state index contributed by atoms with van der Waals surface area (Å²) >= 11 is 6.79. The summed E-state index contributed by atoms with van der Waals surface area (Å²) in [6.45, 7) is 2.14. The van der Waals surface area contributed by atoms with E-state index in [4.69, 9.17) is 18.0 Å². The SMILES string of the molecule is CCC(CSC)N(C)c1ccc(F)cc1C(N)=S. The standard InChI is InChI=1S/C13H19FN2S2/c1-4-10(8-18-3)16(2)12-6-5-9(14)7-11(12)13(15)17/h5-7,10H,4,8H2,1-3H3,(H2,15,17). The van der Waals surface area contributed by atoms with Crippen molar-refractivity contribution < 1.29 is 4.39 Å². The summed E-state index contributed by atoms with van der Waals surface area (Å²) in [5.41, 5.74) is 7.17. The van der Waals surface area contributed by atoms with E-state index in [1.54, 1.807) is 17.8 Å². The van der Waals surface area contributed by atoms with Gasteiger partial charge in [0.15, 0.2) is 0 Å². The largest absolute Gasteiger partial charge is 0.389 e. The van der Waals surface area contributed by atoms with Crippen molar-refractivity contribution in [2.45, 2.75) is 19.4 Å². The number of rotatable bonds is 6. The van der Waals surface area contributed by atoms with E-state index in [-0.39, 0.29) is 10.8 Å². The lowest BCUT2D eigenvalue weighted by Gasteiger charge is -2.30. The van der Waals surface area contributed by atoms with Crippen molar-refractivity contribution in [2.24, 2.45) is 5.73 Å². The third-order valence-corrected chi connectivity index (χ3v) is 3.92. The van der Waals surface area contributed by atoms with Crippen LogP contribution in [-0.4, -0.2) is 30.1 Å². The Morgan fingerprint density at radius 3 is 2.72 bits per heavy atom. The maximum atomic E-state index is 13.3. The number of nitrogens with two attached hydrogens (primary N) is 1. The molecule has 1 aromatic carbocycles. The second kappa shape index (κ2) is 6.95. The molecule has 2 N–H and O–H groups in total. The molecule has 0 aromatic heterocycles. The van der Waals surface area contributed by atoms with Crippen molar-refractivity contribution in [3.8, 4) is 0 Å². The number of halogens is 1. The zero-order valence-corrected chi connectivity index (χ0v) is 12.6. The molecule has 0 aliphatic rings. The molecule has 0 radical (unpaired) electrons. The Morgan fingerprint density at radius 2 is 2.22 bits per heavy atom. The van der Waals surface area contributed by atoms with Crippen LogP contribution in [0.4, 0.5) is 10.1 Å². The minimum absolute atomic E-state index is 0.232. The number of nitrogens with zero attached hydrogens (tertiary/aromatic N) is 1. The van der Waals surface area contributed by atoms with E-state index < -0.39 is 0 Å². The van der Waals surface area contributed by atoms with Crippen LogP contribution in [0.2, 0.25) is 0 Å². The first-order valence-electron chi connectivity index (χ1n) is 5.82. The molecular weight excluding hydrogens is 267 g/mol. The predicted octanol–water partition coefficient (Wildman–Crippen LogP) is 3.04. The van der Waals surface area contributed by atoms with Crippen molar-refractivity contribution in [1.82, 2.24) is 0 Å². The molecular formula is C13H19FN2S2. The summed E-state index contributed by atoms with van der Waals surface area (Å²) in [5, 5.41) is 0. The third kappa shape index (κ3) is 3.59. The zero-order valence-electron chi connectivity index (χ0n) is 10.9. The number of anilines is 1. The number of hydrogen-bond acceptors (Lipinski definition) is 3. The highest BCUT2D eigenvalue weighted by molar-refractivity contribution is 7.98. The number of thioether (sulfide) groups is 1. The van der Waals surface area contributed by atoms with Gasteiger partial charge in [0.1, 0.15) is 10.8 Å². The molecule has 18 heavy (non-hydrogen) atoms. The van der Waals surface area contributed by atoms with Gasteiger partial charge in [-0.3, -0.25) is 0 Å². The molecule has 100 valence electrons. The highest BCUT2D eigenvalue weighted by atomic mass is 32.2. The van der Waals surface area contributed by atoms with Gasteiger partial charge in [-0.2, -0.15) is 11.8 Å². The fraction of sp³-hybridized carbons (Fsp3) is 0.462. The molecule has 1 unspecified atom stereocenters. The van der Waals surface area contributed by atoms with Crippen LogP contribution in [0.3, 0.4) is 0 Å². The van der Waals surface area contributed by atoms with Crippen LogP contribution < -0.4 is 10.6 Å².